The normalized spacial score (nSPS) is 12.4. The lowest BCUT2D eigenvalue weighted by molar-refractivity contribution is -0.139. The van der Waals surface area contributed by atoms with Gasteiger partial charge in [-0.2, -0.15) is 0 Å². The molecule has 20 heavy (non-hydrogen) atoms. The minimum Gasteiger partial charge on any atom is -0.480 e. The quantitative estimate of drug-likeness (QED) is 0.782. The van der Waals surface area contributed by atoms with E-state index in [-0.39, 0.29) is 0 Å². The summed E-state index contributed by atoms with van der Waals surface area (Å²) in [4.78, 5) is 16.8. The summed E-state index contributed by atoms with van der Waals surface area (Å²) in [6.45, 7) is 2.56. The average molecular weight is 310 g/mol. The molecular weight excluding hydrogens is 292 g/mol. The van der Waals surface area contributed by atoms with E-state index in [0.717, 1.165) is 28.4 Å². The molecule has 0 spiro atoms. The highest BCUT2D eigenvalue weighted by molar-refractivity contribution is 7.20. The average Bonchev–Trinajstić information content (AvgIpc) is 3.09. The topological polar surface area (TPSA) is 62.2 Å². The van der Waals surface area contributed by atoms with E-state index < -0.39 is 12.0 Å². The van der Waals surface area contributed by atoms with Crippen molar-refractivity contribution in [3.05, 3.63) is 28.6 Å². The van der Waals surface area contributed by atoms with Crippen LogP contribution in [0.1, 0.15) is 31.9 Å². The number of carboxylic acid groups (broad SMARTS) is 1. The zero-order valence-electron chi connectivity index (χ0n) is 11.3. The van der Waals surface area contributed by atoms with E-state index in [1.165, 1.54) is 0 Å². The van der Waals surface area contributed by atoms with E-state index in [0.29, 0.717) is 13.0 Å². The number of hydrogen-bond acceptors (Lipinski definition) is 5. The molecule has 0 aliphatic heterocycles. The van der Waals surface area contributed by atoms with E-state index in [1.54, 1.807) is 22.7 Å². The Morgan fingerprint density at radius 1 is 1.50 bits per heavy atom. The molecule has 0 aliphatic carbocycles. The minimum absolute atomic E-state index is 0.484. The highest BCUT2D eigenvalue weighted by Crippen LogP contribution is 2.27. The first-order chi connectivity index (χ1) is 9.70. The van der Waals surface area contributed by atoms with Gasteiger partial charge in [0.25, 0.3) is 0 Å². The van der Waals surface area contributed by atoms with E-state index in [4.69, 9.17) is 5.11 Å². The molecule has 2 aromatic rings. The predicted molar refractivity (Wildman–Crippen MR) is 83.2 cm³/mol. The van der Waals surface area contributed by atoms with Crippen molar-refractivity contribution in [3.63, 3.8) is 0 Å². The van der Waals surface area contributed by atoms with Crippen molar-refractivity contribution >= 4 is 28.6 Å². The first kappa shape index (κ1) is 15.2. The summed E-state index contributed by atoms with van der Waals surface area (Å²) >= 11 is 3.26. The van der Waals surface area contributed by atoms with Crippen molar-refractivity contribution in [1.82, 2.24) is 10.3 Å². The fourth-order valence-electron chi connectivity index (χ4n) is 1.85. The molecular formula is C14H18N2O2S2. The monoisotopic (exact) mass is 310 g/mol. The molecule has 0 bridgehead atoms. The second-order valence-electron chi connectivity index (χ2n) is 4.54. The molecule has 0 saturated heterocycles. The van der Waals surface area contributed by atoms with E-state index in [2.05, 4.69) is 17.2 Å². The van der Waals surface area contributed by atoms with Gasteiger partial charge < -0.3 is 5.11 Å². The van der Waals surface area contributed by atoms with Crippen LogP contribution in [0.3, 0.4) is 0 Å². The van der Waals surface area contributed by atoms with Crippen LogP contribution >= 0.6 is 22.7 Å². The molecule has 0 radical (unpaired) electrons. The van der Waals surface area contributed by atoms with Gasteiger partial charge in [0.05, 0.1) is 10.6 Å². The summed E-state index contributed by atoms with van der Waals surface area (Å²) in [6, 6.07) is 3.56. The van der Waals surface area contributed by atoms with E-state index in [9.17, 15) is 4.79 Å². The SMILES string of the molecule is CCCCC(NCc1csc(-c2cccs2)n1)C(=O)O. The Morgan fingerprint density at radius 3 is 3.00 bits per heavy atom. The van der Waals surface area contributed by atoms with Gasteiger partial charge in [0.15, 0.2) is 0 Å². The lowest BCUT2D eigenvalue weighted by Crippen LogP contribution is -2.36. The van der Waals surface area contributed by atoms with Gasteiger partial charge >= 0.3 is 5.97 Å². The van der Waals surface area contributed by atoms with Crippen LogP contribution in [0, 0.1) is 0 Å². The molecule has 0 saturated carbocycles. The number of carbonyl (C=O) groups is 1. The highest BCUT2D eigenvalue weighted by Gasteiger charge is 2.16. The van der Waals surface area contributed by atoms with Gasteiger partial charge in [0.1, 0.15) is 11.0 Å². The van der Waals surface area contributed by atoms with Gasteiger partial charge in [0, 0.05) is 11.9 Å². The number of thiophene rings is 1. The Labute approximate surface area is 126 Å². The maximum Gasteiger partial charge on any atom is 0.320 e. The molecule has 108 valence electrons. The Kier molecular flexibility index (Phi) is 5.70. The van der Waals surface area contributed by atoms with Crippen molar-refractivity contribution in [2.24, 2.45) is 0 Å². The van der Waals surface area contributed by atoms with Gasteiger partial charge in [-0.05, 0) is 17.9 Å². The molecule has 0 amide bonds. The summed E-state index contributed by atoms with van der Waals surface area (Å²) in [5.74, 6) is -0.785. The molecule has 2 rings (SSSR count). The maximum absolute atomic E-state index is 11.1. The molecule has 0 fully saturated rings. The number of hydrogen-bond donors (Lipinski definition) is 2. The smallest absolute Gasteiger partial charge is 0.320 e. The van der Waals surface area contributed by atoms with Crippen molar-refractivity contribution in [3.8, 4) is 9.88 Å². The van der Waals surface area contributed by atoms with Crippen LogP contribution in [0.5, 0.6) is 0 Å². The van der Waals surface area contributed by atoms with Crippen LogP contribution in [0.4, 0.5) is 0 Å². The van der Waals surface area contributed by atoms with Crippen molar-refractivity contribution in [2.75, 3.05) is 0 Å². The second-order valence-corrected chi connectivity index (χ2v) is 6.34. The van der Waals surface area contributed by atoms with Gasteiger partial charge in [-0.25, -0.2) is 4.98 Å². The number of unbranched alkanes of at least 4 members (excludes halogenated alkanes) is 1. The largest absolute Gasteiger partial charge is 0.480 e. The van der Waals surface area contributed by atoms with Crippen LogP contribution in [-0.4, -0.2) is 22.1 Å². The third kappa shape index (κ3) is 4.13. The maximum atomic E-state index is 11.1. The molecule has 6 heteroatoms. The Bertz CT molecular complexity index is 537. The number of nitrogens with one attached hydrogen (secondary N) is 1. The fraction of sp³-hybridized carbons (Fsp3) is 0.429. The molecule has 2 aromatic heterocycles. The van der Waals surface area contributed by atoms with Crippen molar-refractivity contribution in [2.45, 2.75) is 38.8 Å². The van der Waals surface area contributed by atoms with Crippen LogP contribution in [0.25, 0.3) is 9.88 Å². The number of nitrogens with zero attached hydrogens (tertiary/aromatic N) is 1. The summed E-state index contributed by atoms with van der Waals surface area (Å²) in [6.07, 6.45) is 2.58. The van der Waals surface area contributed by atoms with Gasteiger partial charge in [0.2, 0.25) is 0 Å². The fourth-order valence-corrected chi connectivity index (χ4v) is 3.48. The van der Waals surface area contributed by atoms with E-state index >= 15 is 0 Å². The lowest BCUT2D eigenvalue weighted by atomic mass is 10.1. The minimum atomic E-state index is -0.785. The Hall–Kier alpha value is -1.24. The third-order valence-corrected chi connectivity index (χ3v) is 4.89. The molecule has 1 unspecified atom stereocenters. The van der Waals surface area contributed by atoms with Crippen LogP contribution in [-0.2, 0) is 11.3 Å². The van der Waals surface area contributed by atoms with Crippen LogP contribution in [0.2, 0.25) is 0 Å². The molecule has 2 N–H and O–H groups in total. The number of aliphatic carboxylic acids is 1. The zero-order valence-corrected chi connectivity index (χ0v) is 13.0. The highest BCUT2D eigenvalue weighted by atomic mass is 32.1. The summed E-state index contributed by atoms with van der Waals surface area (Å²) in [7, 11) is 0. The standard InChI is InChI=1S/C14H18N2O2S2/c1-2-3-5-11(14(17)18)15-8-10-9-20-13(16-10)12-6-4-7-19-12/h4,6-7,9,11,15H,2-3,5,8H2,1H3,(H,17,18). The van der Waals surface area contributed by atoms with Gasteiger partial charge in [-0.15, -0.1) is 22.7 Å². The summed E-state index contributed by atoms with van der Waals surface area (Å²) in [5.41, 5.74) is 0.904. The number of aromatic nitrogens is 1. The van der Waals surface area contributed by atoms with Crippen molar-refractivity contribution < 1.29 is 9.90 Å². The zero-order chi connectivity index (χ0) is 14.4. The van der Waals surface area contributed by atoms with Crippen LogP contribution < -0.4 is 5.32 Å². The molecule has 2 heterocycles. The first-order valence-electron chi connectivity index (χ1n) is 6.65. The summed E-state index contributed by atoms with van der Waals surface area (Å²) in [5, 5.41) is 17.2. The lowest BCUT2D eigenvalue weighted by Gasteiger charge is -2.12. The summed E-state index contributed by atoms with van der Waals surface area (Å²) < 4.78 is 0. The number of rotatable bonds is 8. The molecule has 4 nitrogen and oxygen atoms in total. The van der Waals surface area contributed by atoms with Gasteiger partial charge in [-0.1, -0.05) is 25.8 Å². The molecule has 1 atom stereocenters. The Morgan fingerprint density at radius 2 is 2.35 bits per heavy atom. The first-order valence-corrected chi connectivity index (χ1v) is 8.41. The Balaban J connectivity index is 1.91. The second kappa shape index (κ2) is 7.52. The van der Waals surface area contributed by atoms with Gasteiger partial charge in [-0.3, -0.25) is 10.1 Å². The van der Waals surface area contributed by atoms with Crippen LogP contribution in [0.15, 0.2) is 22.9 Å². The third-order valence-electron chi connectivity index (χ3n) is 2.96. The predicted octanol–water partition coefficient (Wildman–Crippen LogP) is 3.60. The van der Waals surface area contributed by atoms with E-state index in [1.807, 2.05) is 22.9 Å². The number of thiazole rings is 1. The van der Waals surface area contributed by atoms with Crippen molar-refractivity contribution in [1.29, 1.82) is 0 Å². The molecule has 0 aliphatic rings. The molecule has 0 aromatic carbocycles. The number of carboxylic acids is 1.